The number of morpholine rings is 1. The summed E-state index contributed by atoms with van der Waals surface area (Å²) in [5.41, 5.74) is -3.92. The minimum atomic E-state index is -5.04. The van der Waals surface area contributed by atoms with Crippen LogP contribution in [0.15, 0.2) is 66.7 Å². The number of rotatable bonds is 7. The van der Waals surface area contributed by atoms with Crippen molar-refractivity contribution in [2.75, 3.05) is 26.3 Å². The van der Waals surface area contributed by atoms with E-state index in [1.807, 2.05) is 0 Å². The molecule has 3 aromatic rings. The van der Waals surface area contributed by atoms with Crippen molar-refractivity contribution >= 4 is 35.1 Å². The first-order valence-corrected chi connectivity index (χ1v) is 13.3. The first-order valence-electron chi connectivity index (χ1n) is 12.6. The number of esters is 1. The number of halogens is 8. The molecular formula is C29H23Cl2F6NO4. The van der Waals surface area contributed by atoms with Gasteiger partial charge in [0.15, 0.2) is 0 Å². The van der Waals surface area contributed by atoms with Gasteiger partial charge in [0, 0.05) is 13.0 Å². The van der Waals surface area contributed by atoms with E-state index in [2.05, 4.69) is 0 Å². The number of amides is 1. The van der Waals surface area contributed by atoms with Gasteiger partial charge in [-0.1, -0.05) is 47.5 Å². The predicted molar refractivity (Wildman–Crippen MR) is 142 cm³/mol. The number of carbonyl (C=O) groups excluding carboxylic acids is 2. The van der Waals surface area contributed by atoms with Crippen LogP contribution in [0.5, 0.6) is 0 Å². The highest BCUT2D eigenvalue weighted by molar-refractivity contribution is 6.42. The number of alkyl halides is 6. The van der Waals surface area contributed by atoms with Crippen LogP contribution in [-0.2, 0) is 38.6 Å². The molecule has 1 heterocycles. The molecule has 224 valence electrons. The molecule has 5 nitrogen and oxygen atoms in total. The molecule has 1 atom stereocenters. The summed E-state index contributed by atoms with van der Waals surface area (Å²) >= 11 is 12.3. The molecule has 0 N–H and O–H groups in total. The molecule has 0 aromatic heterocycles. The third-order valence-corrected chi connectivity index (χ3v) is 7.47. The molecule has 13 heteroatoms. The SMILES string of the molecule is O=C(OCCC1(c2ccc(Cl)c(Cl)c2)CN(C(=O)Cc2cc(C(F)(F)F)cc(C(F)(F)F)c2)CCO1)c1ccccc1. The van der Waals surface area contributed by atoms with E-state index in [0.717, 1.165) is 0 Å². The highest BCUT2D eigenvalue weighted by Crippen LogP contribution is 2.38. The van der Waals surface area contributed by atoms with Gasteiger partial charge < -0.3 is 14.4 Å². The molecule has 3 aromatic carbocycles. The van der Waals surface area contributed by atoms with Crippen molar-refractivity contribution in [3.8, 4) is 0 Å². The fourth-order valence-corrected chi connectivity index (χ4v) is 4.92. The third-order valence-electron chi connectivity index (χ3n) is 6.74. The van der Waals surface area contributed by atoms with E-state index in [9.17, 15) is 35.9 Å². The molecule has 0 aliphatic carbocycles. The summed E-state index contributed by atoms with van der Waals surface area (Å²) in [6.45, 7) is -0.276. The van der Waals surface area contributed by atoms with E-state index in [0.29, 0.717) is 23.3 Å². The largest absolute Gasteiger partial charge is 0.462 e. The first kappa shape index (κ1) is 31.7. The second kappa shape index (κ2) is 12.5. The Hall–Kier alpha value is -3.28. The number of hydrogen-bond donors (Lipinski definition) is 0. The Morgan fingerprint density at radius 1 is 0.881 bits per heavy atom. The lowest BCUT2D eigenvalue weighted by atomic mass is 9.88. The van der Waals surface area contributed by atoms with Crippen molar-refractivity contribution < 1.29 is 45.4 Å². The fourth-order valence-electron chi connectivity index (χ4n) is 4.62. The number of nitrogens with zero attached hydrogens (tertiary/aromatic N) is 1. The van der Waals surface area contributed by atoms with Crippen LogP contribution >= 0.6 is 23.2 Å². The molecule has 1 saturated heterocycles. The van der Waals surface area contributed by atoms with Gasteiger partial charge in [-0.25, -0.2) is 4.79 Å². The highest BCUT2D eigenvalue weighted by Gasteiger charge is 2.41. The van der Waals surface area contributed by atoms with Crippen molar-refractivity contribution in [2.45, 2.75) is 30.8 Å². The second-order valence-electron chi connectivity index (χ2n) is 9.63. The molecule has 1 fully saturated rings. The standard InChI is InChI=1S/C29H23Cl2F6NO4/c30-23-7-6-20(16-24(23)31)27(8-10-41-26(40)19-4-2-1-3-5-19)17-38(9-11-42-27)25(39)14-18-12-21(28(32,33)34)15-22(13-18)29(35,36)37/h1-7,12-13,15-16H,8-11,14,17H2. The van der Waals surface area contributed by atoms with Crippen molar-refractivity contribution in [3.63, 3.8) is 0 Å². The molecular weight excluding hydrogens is 611 g/mol. The lowest BCUT2D eigenvalue weighted by molar-refractivity contribution is -0.155. The van der Waals surface area contributed by atoms with Crippen molar-refractivity contribution in [2.24, 2.45) is 0 Å². The van der Waals surface area contributed by atoms with Crippen LogP contribution in [0, 0.1) is 0 Å². The molecule has 0 bridgehead atoms. The summed E-state index contributed by atoms with van der Waals surface area (Å²) < 4.78 is 91.5. The number of carbonyl (C=O) groups is 2. The minimum Gasteiger partial charge on any atom is -0.462 e. The van der Waals surface area contributed by atoms with Crippen LogP contribution in [0.3, 0.4) is 0 Å². The minimum absolute atomic E-state index is 0.00868. The lowest BCUT2D eigenvalue weighted by Gasteiger charge is -2.43. The zero-order valence-corrected chi connectivity index (χ0v) is 23.2. The Balaban J connectivity index is 1.58. The molecule has 1 aliphatic heterocycles. The number of ether oxygens (including phenoxy) is 2. The number of benzene rings is 3. The molecule has 0 spiro atoms. The molecule has 0 saturated carbocycles. The first-order chi connectivity index (χ1) is 19.7. The van der Waals surface area contributed by atoms with E-state index in [-0.39, 0.29) is 48.8 Å². The van der Waals surface area contributed by atoms with Gasteiger partial charge in [0.2, 0.25) is 5.91 Å². The Labute approximate surface area is 246 Å². The summed E-state index contributed by atoms with van der Waals surface area (Å²) in [6.07, 6.45) is -10.8. The van der Waals surface area contributed by atoms with Gasteiger partial charge in [-0.15, -0.1) is 0 Å². The molecule has 0 radical (unpaired) electrons. The Bertz CT molecular complexity index is 1420. The smallest absolute Gasteiger partial charge is 0.416 e. The van der Waals surface area contributed by atoms with Crippen molar-refractivity contribution in [3.05, 3.63) is 105 Å². The van der Waals surface area contributed by atoms with Gasteiger partial charge in [0.05, 0.1) is 52.9 Å². The summed E-state index contributed by atoms with van der Waals surface area (Å²) in [5, 5.41) is 0.436. The Morgan fingerprint density at radius 2 is 1.52 bits per heavy atom. The van der Waals surface area contributed by atoms with Gasteiger partial charge in [-0.3, -0.25) is 4.79 Å². The molecule has 42 heavy (non-hydrogen) atoms. The summed E-state index contributed by atoms with van der Waals surface area (Å²) in [6, 6.07) is 14.0. The van der Waals surface area contributed by atoms with E-state index < -0.39 is 52.9 Å². The van der Waals surface area contributed by atoms with Crippen LogP contribution < -0.4 is 0 Å². The topological polar surface area (TPSA) is 55.8 Å². The molecule has 4 rings (SSSR count). The molecule has 1 aliphatic rings. The van der Waals surface area contributed by atoms with E-state index in [1.54, 1.807) is 36.4 Å². The average molecular weight is 634 g/mol. The normalized spacial score (nSPS) is 17.7. The van der Waals surface area contributed by atoms with Crippen LogP contribution in [0.1, 0.15) is 39.0 Å². The van der Waals surface area contributed by atoms with Gasteiger partial charge in [0.1, 0.15) is 5.60 Å². The summed E-state index contributed by atoms with van der Waals surface area (Å²) in [4.78, 5) is 27.0. The van der Waals surface area contributed by atoms with Crippen molar-refractivity contribution in [1.29, 1.82) is 0 Å². The quantitative estimate of drug-likeness (QED) is 0.199. The van der Waals surface area contributed by atoms with Crippen LogP contribution in [0.25, 0.3) is 0 Å². The molecule has 1 unspecified atom stereocenters. The maximum Gasteiger partial charge on any atom is 0.416 e. The maximum absolute atomic E-state index is 13.3. The van der Waals surface area contributed by atoms with E-state index in [4.69, 9.17) is 32.7 Å². The summed E-state index contributed by atoms with van der Waals surface area (Å²) in [7, 11) is 0. The highest BCUT2D eigenvalue weighted by atomic mass is 35.5. The van der Waals surface area contributed by atoms with Crippen LogP contribution in [0.2, 0.25) is 10.0 Å². The Kier molecular flexibility index (Phi) is 9.44. The van der Waals surface area contributed by atoms with Gasteiger partial charge in [-0.2, -0.15) is 26.3 Å². The molecule has 1 amide bonds. The monoisotopic (exact) mass is 633 g/mol. The third kappa shape index (κ3) is 7.56. The van der Waals surface area contributed by atoms with Gasteiger partial charge in [0.25, 0.3) is 0 Å². The van der Waals surface area contributed by atoms with Crippen LogP contribution in [0.4, 0.5) is 26.3 Å². The van der Waals surface area contributed by atoms with Crippen molar-refractivity contribution in [1.82, 2.24) is 4.90 Å². The zero-order valence-electron chi connectivity index (χ0n) is 21.7. The van der Waals surface area contributed by atoms with Gasteiger partial charge in [-0.05, 0) is 53.6 Å². The lowest BCUT2D eigenvalue weighted by Crippen LogP contribution is -2.52. The average Bonchev–Trinajstić information content (AvgIpc) is 2.94. The number of hydrogen-bond acceptors (Lipinski definition) is 4. The Morgan fingerprint density at radius 3 is 2.12 bits per heavy atom. The van der Waals surface area contributed by atoms with Gasteiger partial charge >= 0.3 is 18.3 Å². The predicted octanol–water partition coefficient (Wildman–Crippen LogP) is 7.57. The fraction of sp³-hybridized carbons (Fsp3) is 0.310. The van der Waals surface area contributed by atoms with E-state index in [1.165, 1.54) is 17.0 Å². The maximum atomic E-state index is 13.3. The summed E-state index contributed by atoms with van der Waals surface area (Å²) in [5.74, 6) is -1.30. The van der Waals surface area contributed by atoms with E-state index >= 15 is 0 Å². The van der Waals surface area contributed by atoms with Crippen LogP contribution in [-0.4, -0.2) is 43.1 Å². The zero-order chi connectivity index (χ0) is 30.7. The second-order valence-corrected chi connectivity index (χ2v) is 10.4.